The molecule has 0 fully saturated rings. The molecule has 0 aliphatic heterocycles. The van der Waals surface area contributed by atoms with Gasteiger partial charge in [0.2, 0.25) is 0 Å². The van der Waals surface area contributed by atoms with Crippen LogP contribution in [0.15, 0.2) is 54.9 Å². The second kappa shape index (κ2) is 7.05. The Balaban J connectivity index is 1.85. The molecule has 0 spiro atoms. The van der Waals surface area contributed by atoms with Crippen LogP contribution in [-0.4, -0.2) is 23.1 Å². The van der Waals surface area contributed by atoms with Gasteiger partial charge in [0.25, 0.3) is 0 Å². The van der Waals surface area contributed by atoms with Crippen LogP contribution in [0.3, 0.4) is 0 Å². The zero-order valence-electron chi connectivity index (χ0n) is 13.6. The first-order valence-electron chi connectivity index (χ1n) is 8.04. The molecule has 3 nitrogen and oxygen atoms in total. The second-order valence-corrected chi connectivity index (χ2v) is 5.37. The Morgan fingerprint density at radius 2 is 1.61 bits per heavy atom. The lowest BCUT2D eigenvalue weighted by Crippen LogP contribution is -2.21. The van der Waals surface area contributed by atoms with Gasteiger partial charge >= 0.3 is 0 Å². The summed E-state index contributed by atoms with van der Waals surface area (Å²) in [4.78, 5) is 11.0. The van der Waals surface area contributed by atoms with Gasteiger partial charge < -0.3 is 4.90 Å². The molecule has 0 saturated carbocycles. The van der Waals surface area contributed by atoms with E-state index in [9.17, 15) is 0 Å². The predicted octanol–water partition coefficient (Wildman–Crippen LogP) is 4.65. The van der Waals surface area contributed by atoms with E-state index in [4.69, 9.17) is 0 Å². The van der Waals surface area contributed by atoms with Crippen LogP contribution in [0, 0.1) is 0 Å². The fraction of sp³-hybridized carbons (Fsp3) is 0.200. The van der Waals surface area contributed by atoms with Crippen LogP contribution in [0.5, 0.6) is 0 Å². The van der Waals surface area contributed by atoms with Crippen LogP contribution < -0.4 is 4.90 Å². The summed E-state index contributed by atoms with van der Waals surface area (Å²) in [6.07, 6.45) is 5.77. The lowest BCUT2D eigenvalue weighted by atomic mass is 10.1. The van der Waals surface area contributed by atoms with Crippen LogP contribution in [0.4, 0.5) is 5.69 Å². The number of hydrogen-bond acceptors (Lipinski definition) is 3. The van der Waals surface area contributed by atoms with Crippen molar-refractivity contribution >= 4 is 28.7 Å². The molecule has 3 heteroatoms. The van der Waals surface area contributed by atoms with E-state index in [2.05, 4.69) is 71.2 Å². The summed E-state index contributed by atoms with van der Waals surface area (Å²) in [6.45, 7) is 6.41. The second-order valence-electron chi connectivity index (χ2n) is 5.37. The summed E-state index contributed by atoms with van der Waals surface area (Å²) in [6, 6.07) is 16.7. The van der Waals surface area contributed by atoms with Gasteiger partial charge in [-0.25, -0.2) is 9.97 Å². The van der Waals surface area contributed by atoms with Crippen molar-refractivity contribution in [2.45, 2.75) is 13.8 Å². The van der Waals surface area contributed by atoms with E-state index >= 15 is 0 Å². The minimum Gasteiger partial charge on any atom is -0.372 e. The predicted molar refractivity (Wildman–Crippen MR) is 98.5 cm³/mol. The van der Waals surface area contributed by atoms with Gasteiger partial charge in [-0.05, 0) is 43.7 Å². The van der Waals surface area contributed by atoms with Crippen molar-refractivity contribution in [2.24, 2.45) is 0 Å². The molecule has 1 aromatic heterocycles. The smallest absolute Gasteiger partial charge is 0.116 e. The molecule has 3 aromatic rings. The summed E-state index contributed by atoms with van der Waals surface area (Å²) >= 11 is 0. The summed E-state index contributed by atoms with van der Waals surface area (Å²) in [5.41, 5.74) is 4.35. The van der Waals surface area contributed by atoms with Crippen LogP contribution >= 0.6 is 0 Å². The SMILES string of the molecule is CCN(CC)c1ccc(/C=C/c2ncnc3ccccc23)cc1. The molecule has 0 unspecified atom stereocenters. The first-order valence-corrected chi connectivity index (χ1v) is 8.04. The first-order chi connectivity index (χ1) is 11.3. The number of para-hydroxylation sites is 1. The zero-order valence-corrected chi connectivity index (χ0v) is 13.6. The number of rotatable bonds is 5. The molecule has 0 aliphatic carbocycles. The van der Waals surface area contributed by atoms with Crippen molar-refractivity contribution in [1.82, 2.24) is 9.97 Å². The molecule has 0 radical (unpaired) electrons. The highest BCUT2D eigenvalue weighted by atomic mass is 15.1. The van der Waals surface area contributed by atoms with E-state index in [-0.39, 0.29) is 0 Å². The Hall–Kier alpha value is -2.68. The van der Waals surface area contributed by atoms with E-state index < -0.39 is 0 Å². The van der Waals surface area contributed by atoms with Gasteiger partial charge in [-0.3, -0.25) is 0 Å². The van der Waals surface area contributed by atoms with Crippen molar-refractivity contribution in [3.8, 4) is 0 Å². The maximum atomic E-state index is 4.39. The molecule has 0 amide bonds. The highest BCUT2D eigenvalue weighted by molar-refractivity contribution is 5.88. The minimum atomic E-state index is 0.948. The van der Waals surface area contributed by atoms with Crippen molar-refractivity contribution in [3.63, 3.8) is 0 Å². The summed E-state index contributed by atoms with van der Waals surface area (Å²) in [5, 5.41) is 1.08. The van der Waals surface area contributed by atoms with Gasteiger partial charge in [0, 0.05) is 24.2 Å². The minimum absolute atomic E-state index is 0.948. The van der Waals surface area contributed by atoms with E-state index in [1.54, 1.807) is 6.33 Å². The van der Waals surface area contributed by atoms with Gasteiger partial charge in [0.1, 0.15) is 6.33 Å². The fourth-order valence-corrected chi connectivity index (χ4v) is 2.72. The van der Waals surface area contributed by atoms with Gasteiger partial charge in [-0.1, -0.05) is 36.4 Å². The Labute approximate surface area is 137 Å². The number of nitrogens with zero attached hydrogens (tertiary/aromatic N) is 3. The van der Waals surface area contributed by atoms with E-state index in [1.807, 2.05) is 18.2 Å². The normalized spacial score (nSPS) is 11.2. The Morgan fingerprint density at radius 3 is 2.35 bits per heavy atom. The molecule has 116 valence electrons. The third-order valence-corrected chi connectivity index (χ3v) is 4.03. The summed E-state index contributed by atoms with van der Waals surface area (Å²) in [7, 11) is 0. The van der Waals surface area contributed by atoms with Gasteiger partial charge in [-0.15, -0.1) is 0 Å². The largest absolute Gasteiger partial charge is 0.372 e. The van der Waals surface area contributed by atoms with Crippen molar-refractivity contribution in [2.75, 3.05) is 18.0 Å². The van der Waals surface area contributed by atoms with Crippen molar-refractivity contribution < 1.29 is 0 Å². The third-order valence-electron chi connectivity index (χ3n) is 4.03. The lowest BCUT2D eigenvalue weighted by molar-refractivity contribution is 0.866. The molecule has 0 atom stereocenters. The maximum Gasteiger partial charge on any atom is 0.116 e. The average Bonchev–Trinajstić information content (AvgIpc) is 2.62. The van der Waals surface area contributed by atoms with E-state index in [1.165, 1.54) is 11.3 Å². The van der Waals surface area contributed by atoms with Crippen molar-refractivity contribution in [3.05, 3.63) is 66.1 Å². The highest BCUT2D eigenvalue weighted by Gasteiger charge is 2.01. The molecular formula is C20H21N3. The Morgan fingerprint density at radius 1 is 0.870 bits per heavy atom. The zero-order chi connectivity index (χ0) is 16.1. The van der Waals surface area contributed by atoms with Gasteiger partial charge in [0.05, 0.1) is 11.2 Å². The lowest BCUT2D eigenvalue weighted by Gasteiger charge is -2.20. The molecule has 0 N–H and O–H groups in total. The Bertz CT molecular complexity index is 797. The first kappa shape index (κ1) is 15.2. The topological polar surface area (TPSA) is 29.0 Å². The van der Waals surface area contributed by atoms with E-state index in [0.717, 1.165) is 29.7 Å². The number of hydrogen-bond donors (Lipinski definition) is 0. The molecule has 0 aliphatic rings. The summed E-state index contributed by atoms with van der Waals surface area (Å²) < 4.78 is 0. The standard InChI is InChI=1S/C20H21N3/c1-3-23(4-2)17-12-9-16(10-13-17)11-14-20-18-7-5-6-8-19(18)21-15-22-20/h5-15H,3-4H2,1-2H3/b14-11+. The number of benzene rings is 2. The quantitative estimate of drug-likeness (QED) is 0.687. The van der Waals surface area contributed by atoms with Gasteiger partial charge in [-0.2, -0.15) is 0 Å². The molecule has 2 aromatic carbocycles. The van der Waals surface area contributed by atoms with Crippen LogP contribution in [-0.2, 0) is 0 Å². The van der Waals surface area contributed by atoms with E-state index in [0.29, 0.717) is 0 Å². The molecule has 3 rings (SSSR count). The molecule has 1 heterocycles. The van der Waals surface area contributed by atoms with Gasteiger partial charge in [0.15, 0.2) is 0 Å². The third kappa shape index (κ3) is 3.39. The summed E-state index contributed by atoms with van der Waals surface area (Å²) in [5.74, 6) is 0. The number of anilines is 1. The number of fused-ring (bicyclic) bond motifs is 1. The van der Waals surface area contributed by atoms with Crippen LogP contribution in [0.25, 0.3) is 23.1 Å². The maximum absolute atomic E-state index is 4.39. The van der Waals surface area contributed by atoms with Crippen molar-refractivity contribution in [1.29, 1.82) is 0 Å². The van der Waals surface area contributed by atoms with Crippen LogP contribution in [0.1, 0.15) is 25.1 Å². The Kier molecular flexibility index (Phi) is 4.67. The molecule has 23 heavy (non-hydrogen) atoms. The molecule has 0 bridgehead atoms. The monoisotopic (exact) mass is 303 g/mol. The van der Waals surface area contributed by atoms with Crippen LogP contribution in [0.2, 0.25) is 0 Å². The fourth-order valence-electron chi connectivity index (χ4n) is 2.72. The molecule has 0 saturated heterocycles. The molecular weight excluding hydrogens is 282 g/mol. The highest BCUT2D eigenvalue weighted by Crippen LogP contribution is 2.19. The average molecular weight is 303 g/mol. The number of aromatic nitrogens is 2.